The number of hydrogen-bond donors (Lipinski definition) is 2. The molecule has 2 aromatic rings. The van der Waals surface area contributed by atoms with Crippen molar-refractivity contribution in [1.29, 1.82) is 0 Å². The molecule has 2 rings (SSSR count). The molecule has 0 saturated carbocycles. The Morgan fingerprint density at radius 2 is 1.48 bits per heavy atom. The average Bonchev–Trinajstić information content (AvgIpc) is 2.71. The molecular formula is C23H30N2O5S. The minimum Gasteiger partial charge on any atom is -0.421 e. The van der Waals surface area contributed by atoms with Crippen LogP contribution in [0.3, 0.4) is 0 Å². The van der Waals surface area contributed by atoms with Crippen molar-refractivity contribution in [2.45, 2.75) is 51.9 Å². The zero-order valence-corrected chi connectivity index (χ0v) is 18.8. The van der Waals surface area contributed by atoms with E-state index >= 15 is 0 Å². The molecule has 0 aliphatic rings. The van der Waals surface area contributed by atoms with E-state index in [1.54, 1.807) is 36.4 Å². The lowest BCUT2D eigenvalue weighted by Crippen LogP contribution is -2.17. The van der Waals surface area contributed by atoms with Gasteiger partial charge in [0.1, 0.15) is 0 Å². The van der Waals surface area contributed by atoms with Crippen molar-refractivity contribution < 1.29 is 22.7 Å². The molecular weight excluding hydrogens is 416 g/mol. The van der Waals surface area contributed by atoms with E-state index < -0.39 is 16.0 Å². The van der Waals surface area contributed by atoms with Gasteiger partial charge in [0.05, 0.1) is 23.2 Å². The number of amides is 1. The fourth-order valence-corrected chi connectivity index (χ4v) is 3.62. The molecule has 2 aromatic carbocycles. The second-order valence-electron chi connectivity index (χ2n) is 7.37. The molecule has 0 radical (unpaired) electrons. The van der Waals surface area contributed by atoms with E-state index in [9.17, 15) is 18.0 Å². The van der Waals surface area contributed by atoms with Gasteiger partial charge in [0, 0.05) is 6.42 Å². The first kappa shape index (κ1) is 24.4. The summed E-state index contributed by atoms with van der Waals surface area (Å²) < 4.78 is 30.9. The molecule has 0 spiro atoms. The SMILES string of the molecule is CCCCCCCCC(=O)Nc1ccccc1OC(=O)c1ccccc1NS(C)(=O)=O. The Morgan fingerprint density at radius 3 is 2.19 bits per heavy atom. The summed E-state index contributed by atoms with van der Waals surface area (Å²) in [6, 6.07) is 12.8. The fraction of sp³-hybridized carbons (Fsp3) is 0.391. The van der Waals surface area contributed by atoms with E-state index in [-0.39, 0.29) is 22.9 Å². The van der Waals surface area contributed by atoms with E-state index in [0.29, 0.717) is 12.1 Å². The Morgan fingerprint density at radius 1 is 0.871 bits per heavy atom. The summed E-state index contributed by atoms with van der Waals surface area (Å²) in [6.07, 6.45) is 7.93. The van der Waals surface area contributed by atoms with E-state index in [1.165, 1.54) is 31.4 Å². The second-order valence-corrected chi connectivity index (χ2v) is 9.12. The van der Waals surface area contributed by atoms with Crippen LogP contribution >= 0.6 is 0 Å². The van der Waals surface area contributed by atoms with Crippen molar-refractivity contribution in [3.05, 3.63) is 54.1 Å². The molecule has 0 saturated heterocycles. The number of sulfonamides is 1. The summed E-state index contributed by atoms with van der Waals surface area (Å²) in [5, 5.41) is 2.79. The normalized spacial score (nSPS) is 11.0. The number of ether oxygens (including phenoxy) is 1. The van der Waals surface area contributed by atoms with Gasteiger partial charge in [-0.15, -0.1) is 0 Å². The monoisotopic (exact) mass is 446 g/mol. The van der Waals surface area contributed by atoms with Gasteiger partial charge in [-0.1, -0.05) is 63.3 Å². The fourth-order valence-electron chi connectivity index (χ4n) is 3.04. The van der Waals surface area contributed by atoms with Crippen LogP contribution in [0.4, 0.5) is 11.4 Å². The molecule has 0 aromatic heterocycles. The summed E-state index contributed by atoms with van der Waals surface area (Å²) in [5.41, 5.74) is 0.584. The molecule has 0 unspecified atom stereocenters. The maximum atomic E-state index is 12.7. The number of para-hydroxylation sites is 3. The molecule has 2 N–H and O–H groups in total. The number of benzene rings is 2. The van der Waals surface area contributed by atoms with Gasteiger partial charge >= 0.3 is 5.97 Å². The number of carbonyl (C=O) groups is 2. The summed E-state index contributed by atoms with van der Waals surface area (Å²) in [4.78, 5) is 25.0. The van der Waals surface area contributed by atoms with Crippen molar-refractivity contribution >= 4 is 33.3 Å². The number of hydrogen-bond acceptors (Lipinski definition) is 5. The van der Waals surface area contributed by atoms with Crippen LogP contribution in [0.25, 0.3) is 0 Å². The highest BCUT2D eigenvalue weighted by Crippen LogP contribution is 2.26. The van der Waals surface area contributed by atoms with Gasteiger partial charge in [-0.05, 0) is 30.7 Å². The molecule has 31 heavy (non-hydrogen) atoms. The lowest BCUT2D eigenvalue weighted by molar-refractivity contribution is -0.116. The lowest BCUT2D eigenvalue weighted by atomic mass is 10.1. The first-order chi connectivity index (χ1) is 14.8. The Balaban J connectivity index is 2.01. The van der Waals surface area contributed by atoms with Crippen LogP contribution in [0.1, 0.15) is 62.2 Å². The summed E-state index contributed by atoms with van der Waals surface area (Å²) in [6.45, 7) is 2.17. The van der Waals surface area contributed by atoms with Crippen molar-refractivity contribution in [3.8, 4) is 5.75 Å². The molecule has 0 bridgehead atoms. The van der Waals surface area contributed by atoms with E-state index in [1.807, 2.05) is 0 Å². The average molecular weight is 447 g/mol. The van der Waals surface area contributed by atoms with Gasteiger partial charge in [0.15, 0.2) is 5.75 Å². The van der Waals surface area contributed by atoms with Crippen LogP contribution in [0.15, 0.2) is 48.5 Å². The Hall–Kier alpha value is -2.87. The standard InChI is InChI=1S/C23H30N2O5S/c1-3-4-5-6-7-8-17-22(26)24-20-15-11-12-16-21(20)30-23(27)18-13-9-10-14-19(18)25-31(2,28)29/h9-16,25H,3-8,17H2,1-2H3,(H,24,26). The van der Waals surface area contributed by atoms with Gasteiger partial charge in [-0.3, -0.25) is 9.52 Å². The largest absolute Gasteiger partial charge is 0.421 e. The topological polar surface area (TPSA) is 102 Å². The molecule has 7 nitrogen and oxygen atoms in total. The zero-order chi connectivity index (χ0) is 22.7. The van der Waals surface area contributed by atoms with Crippen LogP contribution in [0.2, 0.25) is 0 Å². The number of rotatable bonds is 12. The van der Waals surface area contributed by atoms with Crippen LogP contribution in [0.5, 0.6) is 5.75 Å². The van der Waals surface area contributed by atoms with Crippen LogP contribution in [0, 0.1) is 0 Å². The number of unbranched alkanes of at least 4 members (excludes halogenated alkanes) is 5. The Bertz CT molecular complexity index is 989. The third-order valence-corrected chi connectivity index (χ3v) is 5.15. The number of esters is 1. The molecule has 1 amide bonds. The van der Waals surface area contributed by atoms with Crippen molar-refractivity contribution in [2.75, 3.05) is 16.3 Å². The highest BCUT2D eigenvalue weighted by Gasteiger charge is 2.17. The maximum absolute atomic E-state index is 12.7. The van der Waals surface area contributed by atoms with E-state index in [4.69, 9.17) is 4.74 Å². The molecule has 0 heterocycles. The van der Waals surface area contributed by atoms with Crippen LogP contribution in [-0.4, -0.2) is 26.6 Å². The third kappa shape index (κ3) is 8.80. The summed E-state index contributed by atoms with van der Waals surface area (Å²) >= 11 is 0. The minimum absolute atomic E-state index is 0.0705. The van der Waals surface area contributed by atoms with Gasteiger partial charge in [0.2, 0.25) is 15.9 Å². The Kier molecular flexibility index (Phi) is 9.52. The Labute approximate surface area is 184 Å². The third-order valence-electron chi connectivity index (χ3n) is 4.56. The van der Waals surface area contributed by atoms with Gasteiger partial charge in [0.25, 0.3) is 0 Å². The molecule has 0 aliphatic carbocycles. The predicted molar refractivity (Wildman–Crippen MR) is 123 cm³/mol. The quantitative estimate of drug-likeness (QED) is 0.272. The van der Waals surface area contributed by atoms with Crippen molar-refractivity contribution in [2.24, 2.45) is 0 Å². The first-order valence-electron chi connectivity index (χ1n) is 10.5. The van der Waals surface area contributed by atoms with Crippen LogP contribution < -0.4 is 14.8 Å². The van der Waals surface area contributed by atoms with Crippen LogP contribution in [-0.2, 0) is 14.8 Å². The zero-order valence-electron chi connectivity index (χ0n) is 18.0. The molecule has 0 atom stereocenters. The lowest BCUT2D eigenvalue weighted by Gasteiger charge is -2.13. The van der Waals surface area contributed by atoms with Gasteiger partial charge < -0.3 is 10.1 Å². The molecule has 0 aliphatic heterocycles. The highest BCUT2D eigenvalue weighted by molar-refractivity contribution is 7.92. The highest BCUT2D eigenvalue weighted by atomic mass is 32.2. The van der Waals surface area contributed by atoms with E-state index in [0.717, 1.165) is 25.5 Å². The number of anilines is 2. The molecule has 168 valence electrons. The molecule has 8 heteroatoms. The van der Waals surface area contributed by atoms with Crippen molar-refractivity contribution in [3.63, 3.8) is 0 Å². The minimum atomic E-state index is -3.56. The second kappa shape index (κ2) is 12.1. The first-order valence-corrected chi connectivity index (χ1v) is 12.4. The summed E-state index contributed by atoms with van der Waals surface area (Å²) in [7, 11) is -3.56. The van der Waals surface area contributed by atoms with E-state index in [2.05, 4.69) is 17.0 Å². The summed E-state index contributed by atoms with van der Waals surface area (Å²) in [5.74, 6) is -0.680. The predicted octanol–water partition coefficient (Wildman–Crippen LogP) is 4.97. The molecule has 0 fully saturated rings. The van der Waals surface area contributed by atoms with Gasteiger partial charge in [-0.2, -0.15) is 0 Å². The number of nitrogens with one attached hydrogen (secondary N) is 2. The smallest absolute Gasteiger partial charge is 0.345 e. The maximum Gasteiger partial charge on any atom is 0.345 e. The van der Waals surface area contributed by atoms with Gasteiger partial charge in [-0.25, -0.2) is 13.2 Å². The number of carbonyl (C=O) groups excluding carboxylic acids is 2. The van der Waals surface area contributed by atoms with Crippen molar-refractivity contribution in [1.82, 2.24) is 0 Å².